The molecule has 1 aliphatic heterocycles. The number of aryl methyl sites for hydroxylation is 1. The maximum absolute atomic E-state index is 14.8. The number of anilines is 1. The molecule has 5 atom stereocenters. The van der Waals surface area contributed by atoms with Crippen molar-refractivity contribution in [1.29, 1.82) is 0 Å². The van der Waals surface area contributed by atoms with Crippen molar-refractivity contribution in [1.82, 2.24) is 29.9 Å². The van der Waals surface area contributed by atoms with E-state index in [-0.39, 0.29) is 31.2 Å². The molecular formula is C42H49N7O7S2. The molecular weight excluding hydrogens is 779 g/mol. The van der Waals surface area contributed by atoms with Crippen LogP contribution in [-0.4, -0.2) is 88.6 Å². The monoisotopic (exact) mass is 827 g/mol. The molecule has 16 heteroatoms. The van der Waals surface area contributed by atoms with E-state index < -0.39 is 62.1 Å². The maximum atomic E-state index is 14.8. The van der Waals surface area contributed by atoms with Crippen LogP contribution in [0.3, 0.4) is 0 Å². The Morgan fingerprint density at radius 3 is 2.47 bits per heavy atom. The number of benzene rings is 1. The van der Waals surface area contributed by atoms with Crippen LogP contribution >= 0.6 is 11.3 Å². The summed E-state index contributed by atoms with van der Waals surface area (Å²) >= 11 is 1.48. The van der Waals surface area contributed by atoms with Gasteiger partial charge in [0.25, 0.3) is 5.91 Å². The molecule has 1 aromatic carbocycles. The number of hydrogen-bond acceptors (Lipinski definition) is 12. The summed E-state index contributed by atoms with van der Waals surface area (Å²) in [5.41, 5.74) is 0.716. The van der Waals surface area contributed by atoms with E-state index in [9.17, 15) is 22.8 Å². The van der Waals surface area contributed by atoms with E-state index >= 15 is 0 Å². The summed E-state index contributed by atoms with van der Waals surface area (Å²) in [6.07, 6.45) is 7.69. The summed E-state index contributed by atoms with van der Waals surface area (Å²) in [4.78, 5) is 58.6. The molecule has 4 aromatic rings. The van der Waals surface area contributed by atoms with E-state index in [0.717, 1.165) is 11.3 Å². The van der Waals surface area contributed by atoms with Gasteiger partial charge in [0.05, 0.1) is 36.0 Å². The predicted octanol–water partition coefficient (Wildman–Crippen LogP) is 5.19. The van der Waals surface area contributed by atoms with E-state index in [2.05, 4.69) is 40.1 Å². The minimum atomic E-state index is -3.93. The molecule has 1 saturated heterocycles. The number of pyridine rings is 2. The van der Waals surface area contributed by atoms with Crippen LogP contribution in [0, 0.1) is 30.6 Å². The number of aromatic nitrogens is 3. The van der Waals surface area contributed by atoms with Gasteiger partial charge in [-0.1, -0.05) is 40.7 Å². The first kappa shape index (κ1) is 40.9. The number of carbonyl (C=O) groups is 3. The molecule has 3 N–H and O–H groups in total. The lowest BCUT2D eigenvalue weighted by atomic mass is 9.85. The fourth-order valence-electron chi connectivity index (χ4n) is 7.34. The van der Waals surface area contributed by atoms with Crippen LogP contribution in [0.5, 0.6) is 11.5 Å². The average Bonchev–Trinajstić information content (AvgIpc) is 4.06. The number of rotatable bonds is 13. The summed E-state index contributed by atoms with van der Waals surface area (Å²) in [5.74, 6) is 1.72. The summed E-state index contributed by atoms with van der Waals surface area (Å²) < 4.78 is 40.2. The van der Waals surface area contributed by atoms with Gasteiger partial charge < -0.3 is 25.0 Å². The third kappa shape index (κ3) is 8.06. The van der Waals surface area contributed by atoms with Crippen molar-refractivity contribution in [2.24, 2.45) is 11.3 Å². The zero-order valence-electron chi connectivity index (χ0n) is 33.7. The van der Waals surface area contributed by atoms with Gasteiger partial charge in [0, 0.05) is 35.0 Å². The Balaban J connectivity index is 1.24. The third-order valence-corrected chi connectivity index (χ3v) is 13.7. The first-order valence-corrected chi connectivity index (χ1v) is 21.8. The molecule has 306 valence electrons. The van der Waals surface area contributed by atoms with Crippen molar-refractivity contribution < 1.29 is 32.3 Å². The van der Waals surface area contributed by atoms with E-state index in [1.54, 1.807) is 31.5 Å². The third-order valence-electron chi connectivity index (χ3n) is 11.0. The number of nitrogens with zero attached hydrogens (tertiary/aromatic N) is 4. The van der Waals surface area contributed by atoms with Gasteiger partial charge in [0.1, 0.15) is 51.7 Å². The molecule has 0 bridgehead atoms. The van der Waals surface area contributed by atoms with Gasteiger partial charge in [-0.15, -0.1) is 23.7 Å². The van der Waals surface area contributed by atoms with Crippen LogP contribution < -0.4 is 24.8 Å². The second kappa shape index (κ2) is 15.5. The standard InChI is InChI=1S/C42H49N7O7S2/c1-9-25-20-42(25,40(52)48-58(53,54)27-13-14-27)47-37(50)31-18-26(21-49(31)39(51)36(41(5,6)7)46-34-12-10-11-17-43-34)56-33-19-29(38-45-30(22-57-38)23(2)3)44-35-24(4)32(55-8)16-15-28(33)35/h1,10-12,15-17,19,22-23,25-27,31,36H,13-14,18,20-21H2,2-8H3,(H,43,46)(H,47,50)(H,48,52). The van der Waals surface area contributed by atoms with Gasteiger partial charge in [0.15, 0.2) is 0 Å². The van der Waals surface area contributed by atoms with E-state index in [1.807, 2.05) is 51.3 Å². The predicted molar refractivity (Wildman–Crippen MR) is 222 cm³/mol. The number of terminal acetylenes is 1. The summed E-state index contributed by atoms with van der Waals surface area (Å²) in [6.45, 7) is 11.8. The van der Waals surface area contributed by atoms with Gasteiger partial charge in [0.2, 0.25) is 21.8 Å². The van der Waals surface area contributed by atoms with Crippen molar-refractivity contribution in [2.45, 2.75) is 102 Å². The molecule has 3 aromatic heterocycles. The normalized spacial score (nSPS) is 22.3. The molecule has 5 unspecified atom stereocenters. The number of likely N-dealkylation sites (tertiary alicyclic amines) is 1. The largest absolute Gasteiger partial charge is 0.496 e. The molecule has 58 heavy (non-hydrogen) atoms. The molecule has 4 heterocycles. The molecule has 2 saturated carbocycles. The Morgan fingerprint density at radius 2 is 1.86 bits per heavy atom. The highest BCUT2D eigenvalue weighted by molar-refractivity contribution is 7.91. The topological polar surface area (TPSA) is 182 Å². The lowest BCUT2D eigenvalue weighted by Crippen LogP contribution is -2.58. The van der Waals surface area contributed by atoms with Crippen LogP contribution in [0.4, 0.5) is 5.82 Å². The molecule has 0 spiro atoms. The zero-order chi connectivity index (χ0) is 41.7. The number of nitrogens with one attached hydrogen (secondary N) is 3. The molecule has 2 aliphatic carbocycles. The van der Waals surface area contributed by atoms with Crippen LogP contribution in [0.2, 0.25) is 0 Å². The lowest BCUT2D eigenvalue weighted by molar-refractivity contribution is -0.141. The maximum Gasteiger partial charge on any atom is 0.260 e. The Kier molecular flexibility index (Phi) is 10.9. The first-order valence-electron chi connectivity index (χ1n) is 19.4. The highest BCUT2D eigenvalue weighted by atomic mass is 32.2. The van der Waals surface area contributed by atoms with Crippen molar-refractivity contribution in [2.75, 3.05) is 19.0 Å². The second-order valence-electron chi connectivity index (χ2n) is 16.7. The molecule has 14 nitrogen and oxygen atoms in total. The van der Waals surface area contributed by atoms with Crippen molar-refractivity contribution >= 4 is 55.8 Å². The smallest absolute Gasteiger partial charge is 0.260 e. The number of methoxy groups -OCH3 is 1. The van der Waals surface area contributed by atoms with Crippen molar-refractivity contribution in [3.8, 4) is 34.5 Å². The number of carbonyl (C=O) groups excluding carboxylic acids is 3. The van der Waals surface area contributed by atoms with E-state index in [4.69, 9.17) is 25.9 Å². The number of thiazole rings is 1. The molecule has 3 fully saturated rings. The van der Waals surface area contributed by atoms with Crippen LogP contribution in [0.1, 0.15) is 77.5 Å². The minimum Gasteiger partial charge on any atom is -0.496 e. The number of ether oxygens (including phenoxy) is 2. The Bertz CT molecular complexity index is 2400. The van der Waals surface area contributed by atoms with Crippen LogP contribution in [0.15, 0.2) is 48.0 Å². The van der Waals surface area contributed by atoms with Gasteiger partial charge in [-0.2, -0.15) is 0 Å². The van der Waals surface area contributed by atoms with Crippen LogP contribution in [0.25, 0.3) is 21.6 Å². The Labute approximate surface area is 343 Å². The van der Waals surface area contributed by atoms with E-state index in [0.29, 0.717) is 51.8 Å². The SMILES string of the molecule is C#CC1CC1(NC(=O)C1CC(Oc2cc(-c3nc(C(C)C)cs3)nc3c(C)c(OC)ccc23)CN1C(=O)C(Nc1ccccn1)C(C)(C)C)C(=O)NS(=O)(=O)C1CC1. The summed E-state index contributed by atoms with van der Waals surface area (Å²) in [6, 6.07) is 8.93. The molecule has 0 radical (unpaired) electrons. The minimum absolute atomic E-state index is 0.0181. The quantitative estimate of drug-likeness (QED) is 0.151. The van der Waals surface area contributed by atoms with Gasteiger partial charge in [-0.3, -0.25) is 19.1 Å². The highest BCUT2D eigenvalue weighted by Gasteiger charge is 2.63. The Hall–Kier alpha value is -5.27. The number of sulfonamides is 1. The molecule has 3 aliphatic rings. The molecule has 3 amide bonds. The Morgan fingerprint density at radius 1 is 1.10 bits per heavy atom. The summed E-state index contributed by atoms with van der Waals surface area (Å²) in [5, 5.41) is 8.86. The van der Waals surface area contributed by atoms with Gasteiger partial charge in [-0.25, -0.2) is 23.4 Å². The van der Waals surface area contributed by atoms with Crippen molar-refractivity contribution in [3.63, 3.8) is 0 Å². The molecule has 7 rings (SSSR count). The average molecular weight is 828 g/mol. The van der Waals surface area contributed by atoms with Crippen molar-refractivity contribution in [3.05, 3.63) is 59.2 Å². The number of hydrogen-bond donors (Lipinski definition) is 3. The second-order valence-corrected chi connectivity index (χ2v) is 19.5. The number of amides is 3. The summed E-state index contributed by atoms with van der Waals surface area (Å²) in [7, 11) is -2.33. The van der Waals surface area contributed by atoms with Gasteiger partial charge >= 0.3 is 0 Å². The fraction of sp³-hybridized carbons (Fsp3) is 0.476. The first-order chi connectivity index (χ1) is 27.4. The van der Waals surface area contributed by atoms with E-state index in [1.165, 1.54) is 16.2 Å². The highest BCUT2D eigenvalue weighted by Crippen LogP contribution is 2.45. The number of fused-ring (bicyclic) bond motifs is 1. The van der Waals surface area contributed by atoms with Crippen LogP contribution in [-0.2, 0) is 24.4 Å². The lowest BCUT2D eigenvalue weighted by Gasteiger charge is -2.36. The zero-order valence-corrected chi connectivity index (χ0v) is 35.3. The fourth-order valence-corrected chi connectivity index (χ4v) is 9.64. The van der Waals surface area contributed by atoms with Gasteiger partial charge in [-0.05, 0) is 61.8 Å².